The van der Waals surface area contributed by atoms with Crippen molar-refractivity contribution in [1.29, 1.82) is 0 Å². The number of hydrogen-bond acceptors (Lipinski definition) is 3. The smallest absolute Gasteiger partial charge is 0.209 e. The van der Waals surface area contributed by atoms with Gasteiger partial charge in [0, 0.05) is 0 Å². The van der Waals surface area contributed by atoms with Crippen LogP contribution in [0, 0.1) is 5.92 Å². The molecule has 0 amide bonds. The average Bonchev–Trinajstić information content (AvgIpc) is 1.85. The van der Waals surface area contributed by atoms with Gasteiger partial charge < -0.3 is 5.32 Å². The highest BCUT2D eigenvalue weighted by atomic mass is 35.5. The highest BCUT2D eigenvalue weighted by Crippen LogP contribution is 2.12. The number of hydrogen-bond donors (Lipinski definition) is 2. The molecule has 0 bridgehead atoms. The molecule has 0 saturated carbocycles. The van der Waals surface area contributed by atoms with E-state index in [9.17, 15) is 8.42 Å². The van der Waals surface area contributed by atoms with E-state index >= 15 is 0 Å². The summed E-state index contributed by atoms with van der Waals surface area (Å²) in [7, 11) is -3.25. The first kappa shape index (κ1) is 12.2. The topological polar surface area (TPSA) is 72.2 Å². The van der Waals surface area contributed by atoms with E-state index in [-0.39, 0.29) is 24.1 Å². The van der Waals surface area contributed by atoms with Crippen LogP contribution >= 0.6 is 12.4 Å². The van der Waals surface area contributed by atoms with Gasteiger partial charge in [-0.15, -0.1) is 12.4 Å². The fourth-order valence-corrected chi connectivity index (χ4v) is 2.37. The third-order valence-electron chi connectivity index (χ3n) is 1.93. The number of nitrogens with two attached hydrogens (primary N) is 1. The van der Waals surface area contributed by atoms with Crippen molar-refractivity contribution in [3.8, 4) is 0 Å². The second kappa shape index (κ2) is 5.01. The molecule has 0 aromatic rings. The summed E-state index contributed by atoms with van der Waals surface area (Å²) >= 11 is 0. The highest BCUT2D eigenvalue weighted by Gasteiger charge is 2.17. The molecule has 12 heavy (non-hydrogen) atoms. The first-order chi connectivity index (χ1) is 5.08. The zero-order valence-electron chi connectivity index (χ0n) is 6.82. The third kappa shape index (κ3) is 4.92. The Hall–Kier alpha value is 0.160. The van der Waals surface area contributed by atoms with Crippen LogP contribution in [0.25, 0.3) is 0 Å². The van der Waals surface area contributed by atoms with Gasteiger partial charge in [-0.1, -0.05) is 0 Å². The van der Waals surface area contributed by atoms with Crippen molar-refractivity contribution in [3.05, 3.63) is 0 Å². The minimum absolute atomic E-state index is 0. The van der Waals surface area contributed by atoms with Crippen molar-refractivity contribution in [2.24, 2.45) is 11.1 Å². The number of halogens is 1. The molecule has 1 saturated heterocycles. The lowest BCUT2D eigenvalue weighted by Crippen LogP contribution is -2.33. The summed E-state index contributed by atoms with van der Waals surface area (Å²) in [6.07, 6.45) is 1.85. The van der Waals surface area contributed by atoms with Gasteiger partial charge in [-0.25, -0.2) is 13.6 Å². The normalized spacial score (nSPS) is 20.1. The monoisotopic (exact) mass is 214 g/mol. The van der Waals surface area contributed by atoms with Crippen molar-refractivity contribution < 1.29 is 8.42 Å². The number of rotatable bonds is 2. The molecule has 0 aromatic carbocycles. The Morgan fingerprint density at radius 2 is 1.83 bits per heavy atom. The van der Waals surface area contributed by atoms with Crippen molar-refractivity contribution in [3.63, 3.8) is 0 Å². The van der Waals surface area contributed by atoms with Crippen LogP contribution in [0.1, 0.15) is 12.8 Å². The summed E-state index contributed by atoms with van der Waals surface area (Å²) in [6, 6.07) is 0. The summed E-state index contributed by atoms with van der Waals surface area (Å²) in [5.41, 5.74) is 0. The zero-order chi connectivity index (χ0) is 8.32. The molecule has 0 atom stereocenters. The largest absolute Gasteiger partial charge is 0.317 e. The SMILES string of the molecule is Cl.NS(=O)(=O)CC1CCNCC1. The molecule has 0 radical (unpaired) electrons. The predicted octanol–water partition coefficient (Wildman–Crippen LogP) is -0.304. The maximum Gasteiger partial charge on any atom is 0.209 e. The van der Waals surface area contributed by atoms with Crippen LogP contribution in [0.2, 0.25) is 0 Å². The Labute approximate surface area is 79.4 Å². The van der Waals surface area contributed by atoms with Crippen LogP contribution in [-0.4, -0.2) is 27.3 Å². The van der Waals surface area contributed by atoms with E-state index in [1.165, 1.54) is 0 Å². The molecule has 1 fully saturated rings. The Morgan fingerprint density at radius 3 is 2.25 bits per heavy atom. The lowest BCUT2D eigenvalue weighted by atomic mass is 10.0. The minimum Gasteiger partial charge on any atom is -0.317 e. The Morgan fingerprint density at radius 1 is 1.33 bits per heavy atom. The number of primary sulfonamides is 1. The van der Waals surface area contributed by atoms with Gasteiger partial charge in [-0.2, -0.15) is 0 Å². The summed E-state index contributed by atoms with van der Waals surface area (Å²) in [5.74, 6) is 0.417. The van der Waals surface area contributed by atoms with E-state index in [0.29, 0.717) is 0 Å². The van der Waals surface area contributed by atoms with Crippen molar-refractivity contribution in [2.45, 2.75) is 12.8 Å². The lowest BCUT2D eigenvalue weighted by Gasteiger charge is -2.21. The van der Waals surface area contributed by atoms with Gasteiger partial charge in [0.15, 0.2) is 0 Å². The summed E-state index contributed by atoms with van der Waals surface area (Å²) in [5, 5.41) is 8.08. The summed E-state index contributed by atoms with van der Waals surface area (Å²) in [6.45, 7) is 1.83. The van der Waals surface area contributed by atoms with E-state index in [4.69, 9.17) is 5.14 Å². The second-order valence-electron chi connectivity index (χ2n) is 3.02. The first-order valence-corrected chi connectivity index (χ1v) is 5.50. The molecule has 1 heterocycles. The molecule has 3 N–H and O–H groups in total. The number of sulfonamides is 1. The maximum absolute atomic E-state index is 10.7. The minimum atomic E-state index is -3.25. The highest BCUT2D eigenvalue weighted by molar-refractivity contribution is 7.89. The van der Waals surface area contributed by atoms with E-state index in [2.05, 4.69) is 5.32 Å². The molecule has 4 nitrogen and oxygen atoms in total. The average molecular weight is 215 g/mol. The van der Waals surface area contributed by atoms with Crippen LogP contribution < -0.4 is 10.5 Å². The molecule has 1 aliphatic heterocycles. The first-order valence-electron chi connectivity index (χ1n) is 3.79. The molecule has 6 heteroatoms. The standard InChI is InChI=1S/C6H14N2O2S.ClH/c7-11(9,10)5-6-1-3-8-4-2-6;/h6,8H,1-5H2,(H2,7,9,10);1H. The third-order valence-corrected chi connectivity index (χ3v) is 2.86. The number of nitrogens with one attached hydrogen (secondary N) is 1. The van der Waals surface area contributed by atoms with Crippen molar-refractivity contribution in [1.82, 2.24) is 5.32 Å². The fraction of sp³-hybridized carbons (Fsp3) is 1.00. The van der Waals surface area contributed by atoms with Crippen LogP contribution in [0.5, 0.6) is 0 Å². The van der Waals surface area contributed by atoms with Gasteiger partial charge in [0.25, 0.3) is 0 Å². The van der Waals surface area contributed by atoms with Gasteiger partial charge in [0.1, 0.15) is 0 Å². The second-order valence-corrected chi connectivity index (χ2v) is 4.68. The molecule has 0 aliphatic carbocycles. The lowest BCUT2D eigenvalue weighted by molar-refractivity contribution is 0.401. The maximum atomic E-state index is 10.7. The van der Waals surface area contributed by atoms with Crippen LogP contribution in [0.3, 0.4) is 0 Å². The Balaban J connectivity index is 0.00000121. The summed E-state index contributed by atoms with van der Waals surface area (Å²) < 4.78 is 21.3. The van der Waals surface area contributed by atoms with E-state index in [0.717, 1.165) is 25.9 Å². The van der Waals surface area contributed by atoms with Crippen LogP contribution in [0.4, 0.5) is 0 Å². The molecule has 0 spiro atoms. The Kier molecular flexibility index (Phi) is 5.08. The van der Waals surface area contributed by atoms with Crippen molar-refractivity contribution >= 4 is 22.4 Å². The van der Waals surface area contributed by atoms with E-state index in [1.807, 2.05) is 0 Å². The molecule has 0 unspecified atom stereocenters. The molecule has 1 rings (SSSR count). The molecule has 0 aromatic heterocycles. The van der Waals surface area contributed by atoms with Crippen LogP contribution in [-0.2, 0) is 10.0 Å². The summed E-state index contributed by atoms with van der Waals surface area (Å²) in [4.78, 5) is 0. The number of piperidine rings is 1. The van der Waals surface area contributed by atoms with Gasteiger partial charge in [0.2, 0.25) is 10.0 Å². The van der Waals surface area contributed by atoms with Crippen molar-refractivity contribution in [2.75, 3.05) is 18.8 Å². The van der Waals surface area contributed by atoms with E-state index < -0.39 is 10.0 Å². The quantitative estimate of drug-likeness (QED) is 0.663. The van der Waals surface area contributed by atoms with E-state index in [1.54, 1.807) is 0 Å². The molecule has 74 valence electrons. The van der Waals surface area contributed by atoms with Gasteiger partial charge in [0.05, 0.1) is 5.75 Å². The van der Waals surface area contributed by atoms with Crippen LogP contribution in [0.15, 0.2) is 0 Å². The van der Waals surface area contributed by atoms with Gasteiger partial charge >= 0.3 is 0 Å². The zero-order valence-corrected chi connectivity index (χ0v) is 8.46. The van der Waals surface area contributed by atoms with Gasteiger partial charge in [-0.3, -0.25) is 0 Å². The molecular weight excluding hydrogens is 200 g/mol. The molecular formula is C6H15ClN2O2S. The van der Waals surface area contributed by atoms with Gasteiger partial charge in [-0.05, 0) is 31.8 Å². The fourth-order valence-electron chi connectivity index (χ4n) is 1.38. The molecule has 1 aliphatic rings. The Bertz CT molecular complexity index is 212. The predicted molar refractivity (Wildman–Crippen MR) is 50.8 cm³/mol.